The highest BCUT2D eigenvalue weighted by Gasteiger charge is 2.24. The highest BCUT2D eigenvalue weighted by molar-refractivity contribution is 6.34. The first-order valence-electron chi connectivity index (χ1n) is 5.52. The van der Waals surface area contributed by atoms with Gasteiger partial charge in [-0.1, -0.05) is 0 Å². The van der Waals surface area contributed by atoms with Crippen LogP contribution in [0.4, 0.5) is 0 Å². The fourth-order valence-corrected chi connectivity index (χ4v) is 1.60. The number of nitrogens with zero attached hydrogens (tertiary/aromatic N) is 2. The summed E-state index contributed by atoms with van der Waals surface area (Å²) in [5, 5.41) is 11.9. The molecule has 1 saturated heterocycles. The standard InChI is InChI=1S/C10H19N3O3/c1-12(7-8-14)9(15)10(16)13-5-2-3-11-4-6-13/h11,14H,2-8H2,1H3. The molecule has 6 nitrogen and oxygen atoms in total. The van der Waals surface area contributed by atoms with Gasteiger partial charge in [0.1, 0.15) is 0 Å². The molecule has 0 atom stereocenters. The van der Waals surface area contributed by atoms with Crippen molar-refractivity contribution in [1.29, 1.82) is 0 Å². The largest absolute Gasteiger partial charge is 0.395 e. The van der Waals surface area contributed by atoms with E-state index in [4.69, 9.17) is 5.11 Å². The van der Waals surface area contributed by atoms with Crippen molar-refractivity contribution in [2.45, 2.75) is 6.42 Å². The van der Waals surface area contributed by atoms with Gasteiger partial charge in [-0.3, -0.25) is 9.59 Å². The van der Waals surface area contributed by atoms with Crippen molar-refractivity contribution in [2.24, 2.45) is 0 Å². The minimum Gasteiger partial charge on any atom is -0.395 e. The number of hydrogen-bond donors (Lipinski definition) is 2. The average Bonchev–Trinajstić information content (AvgIpc) is 2.56. The number of aliphatic hydroxyl groups excluding tert-OH is 1. The van der Waals surface area contributed by atoms with Gasteiger partial charge in [-0.05, 0) is 13.0 Å². The van der Waals surface area contributed by atoms with Crippen LogP contribution in [-0.2, 0) is 9.59 Å². The van der Waals surface area contributed by atoms with Gasteiger partial charge < -0.3 is 20.2 Å². The van der Waals surface area contributed by atoms with Gasteiger partial charge in [-0.25, -0.2) is 0 Å². The third-order valence-corrected chi connectivity index (χ3v) is 2.59. The Morgan fingerprint density at radius 3 is 2.81 bits per heavy atom. The molecule has 92 valence electrons. The van der Waals surface area contributed by atoms with E-state index in [1.165, 1.54) is 11.9 Å². The lowest BCUT2D eigenvalue weighted by Crippen LogP contribution is -2.45. The summed E-state index contributed by atoms with van der Waals surface area (Å²) in [7, 11) is 1.52. The number of rotatable bonds is 2. The summed E-state index contributed by atoms with van der Waals surface area (Å²) in [6.07, 6.45) is 0.864. The normalized spacial score (nSPS) is 16.8. The Bertz CT molecular complexity index is 250. The molecule has 1 aliphatic rings. The summed E-state index contributed by atoms with van der Waals surface area (Å²) in [5.74, 6) is -1.02. The van der Waals surface area contributed by atoms with Gasteiger partial charge in [0.2, 0.25) is 0 Å². The van der Waals surface area contributed by atoms with Crippen LogP contribution in [-0.4, -0.2) is 73.1 Å². The van der Waals surface area contributed by atoms with Crippen molar-refractivity contribution in [3.63, 3.8) is 0 Å². The van der Waals surface area contributed by atoms with Crippen molar-refractivity contribution in [2.75, 3.05) is 46.4 Å². The lowest BCUT2D eigenvalue weighted by molar-refractivity contribution is -0.151. The molecule has 0 aromatic heterocycles. The maximum absolute atomic E-state index is 11.8. The fraction of sp³-hybridized carbons (Fsp3) is 0.800. The minimum absolute atomic E-state index is 0.128. The van der Waals surface area contributed by atoms with Crippen LogP contribution < -0.4 is 5.32 Å². The van der Waals surface area contributed by atoms with Gasteiger partial charge in [0, 0.05) is 33.2 Å². The Morgan fingerprint density at radius 2 is 2.12 bits per heavy atom. The van der Waals surface area contributed by atoms with Crippen molar-refractivity contribution in [1.82, 2.24) is 15.1 Å². The number of aliphatic hydroxyl groups is 1. The Balaban J connectivity index is 2.51. The van der Waals surface area contributed by atoms with E-state index in [1.807, 2.05) is 0 Å². The lowest BCUT2D eigenvalue weighted by Gasteiger charge is -2.22. The van der Waals surface area contributed by atoms with Crippen LogP contribution in [0, 0.1) is 0 Å². The van der Waals surface area contributed by atoms with E-state index in [1.54, 1.807) is 4.90 Å². The molecule has 2 N–H and O–H groups in total. The molecule has 0 radical (unpaired) electrons. The third-order valence-electron chi connectivity index (χ3n) is 2.59. The smallest absolute Gasteiger partial charge is 0.312 e. The maximum atomic E-state index is 11.8. The number of nitrogens with one attached hydrogen (secondary N) is 1. The van der Waals surface area contributed by atoms with E-state index in [0.717, 1.165) is 19.5 Å². The van der Waals surface area contributed by atoms with Crippen LogP contribution in [0.5, 0.6) is 0 Å². The van der Waals surface area contributed by atoms with Crippen LogP contribution >= 0.6 is 0 Å². The number of likely N-dealkylation sites (N-methyl/N-ethyl adjacent to an activating group) is 1. The van der Waals surface area contributed by atoms with Gasteiger partial charge in [0.25, 0.3) is 0 Å². The van der Waals surface area contributed by atoms with Crippen molar-refractivity contribution in [3.8, 4) is 0 Å². The van der Waals surface area contributed by atoms with Crippen LogP contribution in [0.15, 0.2) is 0 Å². The zero-order valence-electron chi connectivity index (χ0n) is 9.61. The SMILES string of the molecule is CN(CCO)C(=O)C(=O)N1CCCNCC1. The Kier molecular flexibility index (Phi) is 5.21. The van der Waals surface area contributed by atoms with Gasteiger partial charge in [0.15, 0.2) is 0 Å². The molecule has 1 heterocycles. The highest BCUT2D eigenvalue weighted by Crippen LogP contribution is 1.98. The topological polar surface area (TPSA) is 72.9 Å². The number of amides is 2. The monoisotopic (exact) mass is 229 g/mol. The molecule has 0 aliphatic carbocycles. The Labute approximate surface area is 95.2 Å². The van der Waals surface area contributed by atoms with Crippen molar-refractivity contribution >= 4 is 11.8 Å². The molecule has 1 rings (SSSR count). The molecule has 1 aliphatic heterocycles. The summed E-state index contributed by atoms with van der Waals surface area (Å²) in [6.45, 7) is 2.85. The molecule has 2 amide bonds. The van der Waals surface area contributed by atoms with Gasteiger partial charge in [-0.2, -0.15) is 0 Å². The van der Waals surface area contributed by atoms with E-state index < -0.39 is 11.8 Å². The maximum Gasteiger partial charge on any atom is 0.312 e. The molecule has 0 spiro atoms. The quantitative estimate of drug-likeness (QED) is 0.551. The molecule has 0 aromatic carbocycles. The molecule has 1 fully saturated rings. The predicted molar refractivity (Wildman–Crippen MR) is 58.8 cm³/mol. The second kappa shape index (κ2) is 6.44. The van der Waals surface area contributed by atoms with Crippen LogP contribution in [0.3, 0.4) is 0 Å². The number of carbonyl (C=O) groups is 2. The molecule has 0 bridgehead atoms. The summed E-state index contributed by atoms with van der Waals surface area (Å²) in [5.41, 5.74) is 0. The summed E-state index contributed by atoms with van der Waals surface area (Å²) < 4.78 is 0. The predicted octanol–water partition coefficient (Wildman–Crippen LogP) is -1.74. The summed E-state index contributed by atoms with van der Waals surface area (Å²) in [6, 6.07) is 0. The third kappa shape index (κ3) is 3.46. The molecular weight excluding hydrogens is 210 g/mol. The zero-order chi connectivity index (χ0) is 12.0. The zero-order valence-corrected chi connectivity index (χ0v) is 9.61. The van der Waals surface area contributed by atoms with Crippen molar-refractivity contribution < 1.29 is 14.7 Å². The average molecular weight is 229 g/mol. The number of hydrogen-bond acceptors (Lipinski definition) is 4. The molecule has 0 unspecified atom stereocenters. The molecule has 16 heavy (non-hydrogen) atoms. The van der Waals surface area contributed by atoms with E-state index in [2.05, 4.69) is 5.32 Å². The van der Waals surface area contributed by atoms with Crippen molar-refractivity contribution in [3.05, 3.63) is 0 Å². The minimum atomic E-state index is -0.545. The summed E-state index contributed by atoms with van der Waals surface area (Å²) in [4.78, 5) is 26.3. The highest BCUT2D eigenvalue weighted by atomic mass is 16.3. The second-order valence-electron chi connectivity index (χ2n) is 3.85. The first kappa shape index (κ1) is 12.9. The van der Waals surface area contributed by atoms with E-state index >= 15 is 0 Å². The first-order chi connectivity index (χ1) is 7.66. The fourth-order valence-electron chi connectivity index (χ4n) is 1.60. The second-order valence-corrected chi connectivity index (χ2v) is 3.85. The van der Waals surface area contributed by atoms with Crippen LogP contribution in [0.1, 0.15) is 6.42 Å². The van der Waals surface area contributed by atoms with Gasteiger partial charge in [-0.15, -0.1) is 0 Å². The first-order valence-corrected chi connectivity index (χ1v) is 5.52. The summed E-state index contributed by atoms with van der Waals surface area (Å²) >= 11 is 0. The Hall–Kier alpha value is -1.14. The van der Waals surface area contributed by atoms with Crippen LogP contribution in [0.2, 0.25) is 0 Å². The molecule has 0 aromatic rings. The molecule has 0 saturated carbocycles. The molecule has 6 heteroatoms. The van der Waals surface area contributed by atoms with Gasteiger partial charge >= 0.3 is 11.8 Å². The van der Waals surface area contributed by atoms with Crippen LogP contribution in [0.25, 0.3) is 0 Å². The Morgan fingerprint density at radius 1 is 1.38 bits per heavy atom. The van der Waals surface area contributed by atoms with E-state index in [9.17, 15) is 9.59 Å². The van der Waals surface area contributed by atoms with Gasteiger partial charge in [0.05, 0.1) is 6.61 Å². The molecular formula is C10H19N3O3. The number of carbonyl (C=O) groups excluding carboxylic acids is 2. The lowest BCUT2D eigenvalue weighted by atomic mass is 10.3. The van der Waals surface area contributed by atoms with E-state index in [-0.39, 0.29) is 13.2 Å². The van der Waals surface area contributed by atoms with E-state index in [0.29, 0.717) is 13.1 Å².